The van der Waals surface area contributed by atoms with Crippen molar-refractivity contribution in [2.45, 2.75) is 33.0 Å². The van der Waals surface area contributed by atoms with Crippen LogP contribution in [0.4, 0.5) is 5.82 Å². The van der Waals surface area contributed by atoms with Gasteiger partial charge in [-0.1, -0.05) is 0 Å². The molecule has 136 valence electrons. The van der Waals surface area contributed by atoms with Crippen LogP contribution in [0.3, 0.4) is 0 Å². The Morgan fingerprint density at radius 3 is 2.85 bits per heavy atom. The summed E-state index contributed by atoms with van der Waals surface area (Å²) in [5, 5.41) is 18.0. The lowest BCUT2D eigenvalue weighted by atomic mass is 10.1. The van der Waals surface area contributed by atoms with E-state index in [0.717, 1.165) is 11.6 Å². The van der Waals surface area contributed by atoms with E-state index in [1.165, 1.54) is 13.2 Å². The predicted octanol–water partition coefficient (Wildman–Crippen LogP) is 1.37. The van der Waals surface area contributed by atoms with Crippen LogP contribution in [-0.2, 0) is 22.6 Å². The largest absolute Gasteiger partial charge is 0.465 e. The van der Waals surface area contributed by atoms with Crippen LogP contribution < -0.4 is 4.90 Å². The van der Waals surface area contributed by atoms with E-state index in [4.69, 9.17) is 9.47 Å². The molecule has 2 aromatic rings. The lowest BCUT2D eigenvalue weighted by Crippen LogP contribution is -2.38. The molecule has 1 aliphatic rings. The highest BCUT2D eigenvalue weighted by Crippen LogP contribution is 2.29. The Kier molecular flexibility index (Phi) is 4.86. The van der Waals surface area contributed by atoms with Gasteiger partial charge in [-0.05, 0) is 19.9 Å². The lowest BCUT2D eigenvalue weighted by molar-refractivity contribution is 0.0599. The number of rotatable bonds is 4. The van der Waals surface area contributed by atoms with E-state index in [2.05, 4.69) is 32.7 Å². The summed E-state index contributed by atoms with van der Waals surface area (Å²) in [6.45, 7) is 5.29. The average molecular weight is 356 g/mol. The van der Waals surface area contributed by atoms with Crippen molar-refractivity contribution in [2.24, 2.45) is 0 Å². The van der Waals surface area contributed by atoms with Gasteiger partial charge < -0.3 is 18.9 Å². The molecule has 0 aromatic carbocycles. The normalized spacial score (nSPS) is 16.1. The van der Waals surface area contributed by atoms with Gasteiger partial charge in [-0.25, -0.2) is 9.78 Å². The first-order chi connectivity index (χ1) is 12.5. The van der Waals surface area contributed by atoms with Gasteiger partial charge >= 0.3 is 5.97 Å². The molecule has 0 amide bonds. The summed E-state index contributed by atoms with van der Waals surface area (Å²) < 4.78 is 12.0. The van der Waals surface area contributed by atoms with Crippen molar-refractivity contribution in [1.82, 2.24) is 19.7 Å². The minimum atomic E-state index is -0.506. The standard InChI is InChI=1S/C17H20N6O3/c1-10-7-22(8-14-20-21-15(9-25-3)23(10)14)16-12(6-18)5-13(11(2)19-16)17(24)26-4/h5,10H,7-9H2,1-4H3/t10-/m0/s1. The number of anilines is 1. The summed E-state index contributed by atoms with van der Waals surface area (Å²) >= 11 is 0. The summed E-state index contributed by atoms with van der Waals surface area (Å²) in [7, 11) is 2.93. The van der Waals surface area contributed by atoms with Crippen molar-refractivity contribution < 1.29 is 14.3 Å². The third-order valence-electron chi connectivity index (χ3n) is 4.39. The van der Waals surface area contributed by atoms with Gasteiger partial charge in [0.25, 0.3) is 0 Å². The molecule has 0 N–H and O–H groups in total. The number of methoxy groups -OCH3 is 2. The highest BCUT2D eigenvalue weighted by atomic mass is 16.5. The van der Waals surface area contributed by atoms with Crippen molar-refractivity contribution in [2.75, 3.05) is 25.7 Å². The van der Waals surface area contributed by atoms with E-state index in [9.17, 15) is 10.1 Å². The van der Waals surface area contributed by atoms with Gasteiger partial charge in [-0.3, -0.25) is 0 Å². The third-order valence-corrected chi connectivity index (χ3v) is 4.39. The Labute approximate surface area is 151 Å². The SMILES string of the molecule is COCc1nnc2n1[C@@H](C)CN(c1nc(C)c(C(=O)OC)cc1C#N)C2. The fourth-order valence-corrected chi connectivity index (χ4v) is 3.23. The Morgan fingerprint density at radius 2 is 2.19 bits per heavy atom. The number of hydrogen-bond acceptors (Lipinski definition) is 8. The van der Waals surface area contributed by atoms with Gasteiger partial charge in [-0.2, -0.15) is 5.26 Å². The number of fused-ring (bicyclic) bond motifs is 1. The first-order valence-corrected chi connectivity index (χ1v) is 8.16. The Morgan fingerprint density at radius 1 is 1.42 bits per heavy atom. The van der Waals surface area contributed by atoms with E-state index in [1.54, 1.807) is 14.0 Å². The van der Waals surface area contributed by atoms with Crippen molar-refractivity contribution in [3.63, 3.8) is 0 Å². The smallest absolute Gasteiger partial charge is 0.339 e. The molecule has 9 nitrogen and oxygen atoms in total. The van der Waals surface area contributed by atoms with E-state index in [0.29, 0.717) is 42.3 Å². The molecule has 0 unspecified atom stereocenters. The van der Waals surface area contributed by atoms with Crippen LogP contribution in [0.1, 0.15) is 46.2 Å². The van der Waals surface area contributed by atoms with Gasteiger partial charge in [0.05, 0.1) is 36.5 Å². The van der Waals surface area contributed by atoms with E-state index >= 15 is 0 Å². The van der Waals surface area contributed by atoms with Gasteiger partial charge in [0.2, 0.25) is 0 Å². The Hall–Kier alpha value is -2.99. The van der Waals surface area contributed by atoms with Gasteiger partial charge in [0.1, 0.15) is 18.5 Å². The zero-order valence-corrected chi connectivity index (χ0v) is 15.2. The highest BCUT2D eigenvalue weighted by molar-refractivity contribution is 5.91. The summed E-state index contributed by atoms with van der Waals surface area (Å²) in [5.41, 5.74) is 1.14. The number of hydrogen-bond donors (Lipinski definition) is 0. The molecule has 0 saturated carbocycles. The third kappa shape index (κ3) is 2.99. The van der Waals surface area contributed by atoms with Gasteiger partial charge in [-0.15, -0.1) is 10.2 Å². The average Bonchev–Trinajstić information content (AvgIpc) is 3.04. The molecule has 3 heterocycles. The number of aromatic nitrogens is 4. The molecule has 1 aliphatic heterocycles. The maximum absolute atomic E-state index is 11.9. The zero-order valence-electron chi connectivity index (χ0n) is 15.2. The van der Waals surface area contributed by atoms with Crippen LogP contribution in [0.5, 0.6) is 0 Å². The van der Waals surface area contributed by atoms with Crippen molar-refractivity contribution in [3.05, 3.63) is 34.5 Å². The zero-order chi connectivity index (χ0) is 18.8. The number of nitriles is 1. The number of carbonyl (C=O) groups excluding carboxylic acids is 1. The maximum Gasteiger partial charge on any atom is 0.339 e. The van der Waals surface area contributed by atoms with E-state index in [1.807, 2.05) is 4.90 Å². The minimum absolute atomic E-state index is 0.0906. The van der Waals surface area contributed by atoms with Crippen LogP contribution >= 0.6 is 0 Å². The topological polar surface area (TPSA) is 106 Å². The second-order valence-corrected chi connectivity index (χ2v) is 6.16. The molecule has 0 aliphatic carbocycles. The first kappa shape index (κ1) is 17.8. The molecule has 9 heteroatoms. The van der Waals surface area contributed by atoms with Gasteiger partial charge in [0.15, 0.2) is 11.6 Å². The van der Waals surface area contributed by atoms with Crippen LogP contribution in [-0.4, -0.2) is 46.5 Å². The molecule has 0 spiro atoms. The monoisotopic (exact) mass is 356 g/mol. The molecule has 0 radical (unpaired) electrons. The van der Waals surface area contributed by atoms with E-state index in [-0.39, 0.29) is 6.04 Å². The van der Waals surface area contributed by atoms with Crippen LogP contribution in [0.15, 0.2) is 6.07 Å². The second kappa shape index (κ2) is 7.09. The fourth-order valence-electron chi connectivity index (χ4n) is 3.23. The minimum Gasteiger partial charge on any atom is -0.465 e. The molecule has 2 aromatic heterocycles. The van der Waals surface area contributed by atoms with Crippen molar-refractivity contribution >= 4 is 11.8 Å². The molecule has 0 saturated heterocycles. The Balaban J connectivity index is 1.98. The molecule has 26 heavy (non-hydrogen) atoms. The molecule has 3 rings (SSSR count). The fraction of sp³-hybridized carbons (Fsp3) is 0.471. The van der Waals surface area contributed by atoms with Crippen molar-refractivity contribution in [3.8, 4) is 6.07 Å². The number of pyridine rings is 1. The summed E-state index contributed by atoms with van der Waals surface area (Å²) in [5.74, 6) is 1.59. The summed E-state index contributed by atoms with van der Waals surface area (Å²) in [6, 6.07) is 3.75. The first-order valence-electron chi connectivity index (χ1n) is 8.16. The molecular formula is C17H20N6O3. The molecular weight excluding hydrogens is 336 g/mol. The van der Waals surface area contributed by atoms with Crippen LogP contribution in [0, 0.1) is 18.3 Å². The Bertz CT molecular complexity index is 885. The summed E-state index contributed by atoms with van der Waals surface area (Å²) in [4.78, 5) is 18.3. The molecule has 0 fully saturated rings. The molecule has 0 bridgehead atoms. The van der Waals surface area contributed by atoms with E-state index < -0.39 is 5.97 Å². The number of nitrogens with zero attached hydrogens (tertiary/aromatic N) is 6. The predicted molar refractivity (Wildman–Crippen MR) is 91.5 cm³/mol. The second-order valence-electron chi connectivity index (χ2n) is 6.16. The van der Waals surface area contributed by atoms with Gasteiger partial charge in [0, 0.05) is 13.7 Å². The van der Waals surface area contributed by atoms with Crippen LogP contribution in [0.2, 0.25) is 0 Å². The number of carbonyl (C=O) groups is 1. The quantitative estimate of drug-likeness (QED) is 0.756. The maximum atomic E-state index is 11.9. The highest BCUT2D eigenvalue weighted by Gasteiger charge is 2.29. The molecule has 1 atom stereocenters. The summed E-state index contributed by atoms with van der Waals surface area (Å²) in [6.07, 6.45) is 0. The number of ether oxygens (including phenoxy) is 2. The van der Waals surface area contributed by atoms with Crippen LogP contribution in [0.25, 0.3) is 0 Å². The lowest BCUT2D eigenvalue weighted by Gasteiger charge is -2.34. The number of esters is 1. The number of aryl methyl sites for hydroxylation is 1. The van der Waals surface area contributed by atoms with Crippen molar-refractivity contribution in [1.29, 1.82) is 5.26 Å².